The van der Waals surface area contributed by atoms with Crippen LogP contribution in [0.2, 0.25) is 0 Å². The van der Waals surface area contributed by atoms with E-state index in [-0.39, 0.29) is 0 Å². The third kappa shape index (κ3) is 5.03. The lowest BCUT2D eigenvalue weighted by molar-refractivity contribution is 0.444. The minimum Gasteiger partial charge on any atom is -0.312 e. The number of thioether (sulfide) groups is 1. The van der Waals surface area contributed by atoms with Gasteiger partial charge in [-0.15, -0.1) is 0 Å². The van der Waals surface area contributed by atoms with E-state index in [0.29, 0.717) is 12.1 Å². The van der Waals surface area contributed by atoms with Gasteiger partial charge in [-0.1, -0.05) is 20.3 Å². The van der Waals surface area contributed by atoms with Crippen molar-refractivity contribution in [3.05, 3.63) is 18.0 Å². The molecule has 4 heteroatoms. The van der Waals surface area contributed by atoms with Gasteiger partial charge >= 0.3 is 0 Å². The average molecular weight is 310 g/mol. The summed E-state index contributed by atoms with van der Waals surface area (Å²) in [6, 6.07) is 3.29. The molecule has 1 aliphatic heterocycles. The largest absolute Gasteiger partial charge is 0.312 e. The molecule has 21 heavy (non-hydrogen) atoms. The van der Waals surface area contributed by atoms with Crippen LogP contribution in [-0.2, 0) is 6.42 Å². The standard InChI is InChI=1S/C17H31N3S/c1-4-10-18-16(17-8-6-7-12-21-17)13-15-9-11-20(19-15)14(3)5-2/h9,11,14,16-18H,4-8,10,12-13H2,1-3H3. The summed E-state index contributed by atoms with van der Waals surface area (Å²) < 4.78 is 2.13. The normalized spacial score (nSPS) is 22.1. The van der Waals surface area contributed by atoms with Gasteiger partial charge in [-0.3, -0.25) is 4.68 Å². The molecule has 3 nitrogen and oxygen atoms in total. The first-order valence-corrected chi connectivity index (χ1v) is 9.68. The van der Waals surface area contributed by atoms with Crippen molar-refractivity contribution >= 4 is 11.8 Å². The van der Waals surface area contributed by atoms with Crippen molar-refractivity contribution in [1.29, 1.82) is 0 Å². The molecule has 1 fully saturated rings. The van der Waals surface area contributed by atoms with Gasteiger partial charge in [0.1, 0.15) is 0 Å². The van der Waals surface area contributed by atoms with Gasteiger partial charge in [0.25, 0.3) is 0 Å². The number of aromatic nitrogens is 2. The molecule has 1 saturated heterocycles. The summed E-state index contributed by atoms with van der Waals surface area (Å²) >= 11 is 2.16. The SMILES string of the molecule is CCCNC(Cc1ccn(C(C)CC)n1)C1CCCCS1. The molecule has 1 aromatic rings. The molecule has 0 saturated carbocycles. The second kappa shape index (κ2) is 8.84. The maximum atomic E-state index is 4.79. The third-order valence-corrected chi connectivity index (χ3v) is 5.97. The molecule has 2 heterocycles. The molecular weight excluding hydrogens is 278 g/mol. The van der Waals surface area contributed by atoms with Crippen molar-refractivity contribution in [2.45, 2.75) is 76.6 Å². The summed E-state index contributed by atoms with van der Waals surface area (Å²) in [5.74, 6) is 1.33. The van der Waals surface area contributed by atoms with Crippen molar-refractivity contribution in [3.63, 3.8) is 0 Å². The first-order valence-electron chi connectivity index (χ1n) is 8.63. The molecular formula is C17H31N3S. The maximum Gasteiger partial charge on any atom is 0.0640 e. The quantitative estimate of drug-likeness (QED) is 0.785. The van der Waals surface area contributed by atoms with E-state index in [4.69, 9.17) is 5.10 Å². The van der Waals surface area contributed by atoms with E-state index in [2.05, 4.69) is 54.8 Å². The van der Waals surface area contributed by atoms with Gasteiger partial charge < -0.3 is 5.32 Å². The van der Waals surface area contributed by atoms with E-state index < -0.39 is 0 Å². The number of rotatable bonds is 8. The van der Waals surface area contributed by atoms with Crippen LogP contribution >= 0.6 is 11.8 Å². The summed E-state index contributed by atoms with van der Waals surface area (Å²) in [4.78, 5) is 0. The lowest BCUT2D eigenvalue weighted by Gasteiger charge is -2.30. The zero-order valence-corrected chi connectivity index (χ0v) is 14.7. The van der Waals surface area contributed by atoms with Crippen LogP contribution in [0.25, 0.3) is 0 Å². The highest BCUT2D eigenvalue weighted by Crippen LogP contribution is 2.29. The summed E-state index contributed by atoms with van der Waals surface area (Å²) in [6.45, 7) is 7.82. The summed E-state index contributed by atoms with van der Waals surface area (Å²) in [5, 5.41) is 9.32. The molecule has 2 rings (SSSR count). The molecule has 0 bridgehead atoms. The van der Waals surface area contributed by atoms with Gasteiger partial charge in [0.15, 0.2) is 0 Å². The minimum atomic E-state index is 0.504. The van der Waals surface area contributed by atoms with Gasteiger partial charge in [0.05, 0.1) is 5.69 Å². The lowest BCUT2D eigenvalue weighted by atomic mass is 10.0. The van der Waals surface area contributed by atoms with Crippen LogP contribution in [0, 0.1) is 0 Å². The van der Waals surface area contributed by atoms with Gasteiger partial charge in [0, 0.05) is 30.0 Å². The highest BCUT2D eigenvalue weighted by atomic mass is 32.2. The van der Waals surface area contributed by atoms with Crippen molar-refractivity contribution in [3.8, 4) is 0 Å². The lowest BCUT2D eigenvalue weighted by Crippen LogP contribution is -2.41. The van der Waals surface area contributed by atoms with Crippen molar-refractivity contribution in [1.82, 2.24) is 15.1 Å². The van der Waals surface area contributed by atoms with Gasteiger partial charge in [-0.05, 0) is 51.0 Å². The molecule has 0 spiro atoms. The molecule has 3 atom stereocenters. The monoisotopic (exact) mass is 309 g/mol. The molecule has 3 unspecified atom stereocenters. The minimum absolute atomic E-state index is 0.504. The first kappa shape index (κ1) is 16.9. The van der Waals surface area contributed by atoms with Crippen molar-refractivity contribution in [2.24, 2.45) is 0 Å². The molecule has 0 aromatic carbocycles. The van der Waals surface area contributed by atoms with Crippen LogP contribution < -0.4 is 5.32 Å². The Morgan fingerprint density at radius 1 is 1.43 bits per heavy atom. The molecule has 1 aliphatic rings. The van der Waals surface area contributed by atoms with Crippen LogP contribution in [0.5, 0.6) is 0 Å². The van der Waals surface area contributed by atoms with Crippen LogP contribution in [0.4, 0.5) is 0 Å². The van der Waals surface area contributed by atoms with E-state index in [0.717, 1.165) is 24.6 Å². The number of hydrogen-bond donors (Lipinski definition) is 1. The Hall–Kier alpha value is -0.480. The van der Waals surface area contributed by atoms with E-state index in [1.165, 1.54) is 37.1 Å². The Balaban J connectivity index is 1.98. The Morgan fingerprint density at radius 2 is 2.29 bits per heavy atom. The van der Waals surface area contributed by atoms with Crippen LogP contribution in [0.1, 0.15) is 64.6 Å². The van der Waals surface area contributed by atoms with Crippen molar-refractivity contribution < 1.29 is 0 Å². The predicted octanol–water partition coefficient (Wildman–Crippen LogP) is 4.05. The highest BCUT2D eigenvalue weighted by Gasteiger charge is 2.24. The van der Waals surface area contributed by atoms with Crippen LogP contribution in [0.15, 0.2) is 12.3 Å². The van der Waals surface area contributed by atoms with Crippen LogP contribution in [-0.4, -0.2) is 33.4 Å². The Kier molecular flexibility index (Phi) is 7.11. The van der Waals surface area contributed by atoms with E-state index in [9.17, 15) is 0 Å². The third-order valence-electron chi connectivity index (χ3n) is 4.46. The van der Waals surface area contributed by atoms with Gasteiger partial charge in [0.2, 0.25) is 0 Å². The van der Waals surface area contributed by atoms with Crippen molar-refractivity contribution in [2.75, 3.05) is 12.3 Å². The summed E-state index contributed by atoms with van der Waals surface area (Å²) in [5.41, 5.74) is 1.25. The fourth-order valence-corrected chi connectivity index (χ4v) is 4.32. The maximum absolute atomic E-state index is 4.79. The summed E-state index contributed by atoms with van der Waals surface area (Å²) in [7, 11) is 0. The van der Waals surface area contributed by atoms with Gasteiger partial charge in [-0.2, -0.15) is 16.9 Å². The number of hydrogen-bond acceptors (Lipinski definition) is 3. The summed E-state index contributed by atoms with van der Waals surface area (Å²) in [6.07, 6.45) is 9.70. The fraction of sp³-hybridized carbons (Fsp3) is 0.824. The molecule has 120 valence electrons. The molecule has 0 amide bonds. The van der Waals surface area contributed by atoms with E-state index in [1.807, 2.05) is 0 Å². The first-order chi connectivity index (χ1) is 10.2. The smallest absolute Gasteiger partial charge is 0.0640 e. The predicted molar refractivity (Wildman–Crippen MR) is 93.1 cm³/mol. The number of nitrogens with zero attached hydrogens (tertiary/aromatic N) is 2. The molecule has 0 aliphatic carbocycles. The van der Waals surface area contributed by atoms with Crippen LogP contribution in [0.3, 0.4) is 0 Å². The highest BCUT2D eigenvalue weighted by molar-refractivity contribution is 8.00. The Labute approximate surface area is 134 Å². The molecule has 1 aromatic heterocycles. The van der Waals surface area contributed by atoms with E-state index in [1.54, 1.807) is 0 Å². The average Bonchev–Trinajstić information content (AvgIpc) is 3.00. The zero-order valence-electron chi connectivity index (χ0n) is 13.8. The molecule has 1 N–H and O–H groups in total. The van der Waals surface area contributed by atoms with Gasteiger partial charge in [-0.25, -0.2) is 0 Å². The second-order valence-electron chi connectivity index (χ2n) is 6.21. The second-order valence-corrected chi connectivity index (χ2v) is 7.56. The zero-order chi connectivity index (χ0) is 15.1. The van der Waals surface area contributed by atoms with E-state index >= 15 is 0 Å². The molecule has 0 radical (unpaired) electrons. The Morgan fingerprint density at radius 3 is 2.95 bits per heavy atom. The fourth-order valence-electron chi connectivity index (χ4n) is 2.89. The Bertz CT molecular complexity index is 398. The number of nitrogens with one attached hydrogen (secondary N) is 1. The topological polar surface area (TPSA) is 29.9 Å².